The van der Waals surface area contributed by atoms with E-state index in [9.17, 15) is 18.4 Å². The number of hydrogen-bond donors (Lipinski definition) is 1. The molecule has 2 aromatic heterocycles. The van der Waals surface area contributed by atoms with E-state index in [4.69, 9.17) is 0 Å². The van der Waals surface area contributed by atoms with Crippen molar-refractivity contribution in [2.24, 2.45) is 0 Å². The Balaban J connectivity index is 1.65. The van der Waals surface area contributed by atoms with Crippen LogP contribution in [0.3, 0.4) is 0 Å². The maximum Gasteiger partial charge on any atom is 0.345 e. The standard InChI is InChI=1S/C17H22F2N6O2/c1-23(2)7-8-25-17(27)24-6-5-12(3-4-14(24)22-25)21-16(26)15-13(19)9-11(18)10-20-15/h9-10,12H,3-8H2,1-2H3,(H,21,26). The van der Waals surface area contributed by atoms with Gasteiger partial charge in [-0.15, -0.1) is 0 Å². The number of rotatable bonds is 5. The molecule has 0 radical (unpaired) electrons. The molecule has 1 atom stereocenters. The molecule has 0 spiro atoms. The van der Waals surface area contributed by atoms with Crippen molar-refractivity contribution in [3.63, 3.8) is 0 Å². The monoisotopic (exact) mass is 380 g/mol. The van der Waals surface area contributed by atoms with E-state index < -0.39 is 23.2 Å². The normalized spacial score (nSPS) is 16.9. The predicted octanol–water partition coefficient (Wildman–Crippen LogP) is 0.414. The van der Waals surface area contributed by atoms with Crippen molar-refractivity contribution in [1.29, 1.82) is 0 Å². The Morgan fingerprint density at radius 1 is 1.37 bits per heavy atom. The summed E-state index contributed by atoms with van der Waals surface area (Å²) in [6, 6.07) is 0.376. The van der Waals surface area contributed by atoms with Crippen LogP contribution in [0.1, 0.15) is 29.2 Å². The van der Waals surface area contributed by atoms with E-state index in [2.05, 4.69) is 15.4 Å². The number of aromatic nitrogens is 4. The lowest BCUT2D eigenvalue weighted by Crippen LogP contribution is -2.37. The average Bonchev–Trinajstić information content (AvgIpc) is 2.76. The number of carbonyl (C=O) groups is 1. The first kappa shape index (κ1) is 19.2. The molecular weight excluding hydrogens is 358 g/mol. The minimum absolute atomic E-state index is 0.162. The molecule has 146 valence electrons. The molecule has 1 aliphatic rings. The highest BCUT2D eigenvalue weighted by Crippen LogP contribution is 2.13. The van der Waals surface area contributed by atoms with Crippen LogP contribution in [0.5, 0.6) is 0 Å². The summed E-state index contributed by atoms with van der Waals surface area (Å²) in [7, 11) is 3.86. The van der Waals surface area contributed by atoms with Crippen LogP contribution in [0.4, 0.5) is 8.78 Å². The summed E-state index contributed by atoms with van der Waals surface area (Å²) >= 11 is 0. The molecule has 0 saturated heterocycles. The Hall–Kier alpha value is -2.62. The van der Waals surface area contributed by atoms with Crippen molar-refractivity contribution in [3.8, 4) is 0 Å². The lowest BCUT2D eigenvalue weighted by atomic mass is 10.1. The third kappa shape index (κ3) is 4.38. The number of carbonyl (C=O) groups excluding carboxylic acids is 1. The highest BCUT2D eigenvalue weighted by atomic mass is 19.1. The molecule has 1 unspecified atom stereocenters. The maximum atomic E-state index is 13.7. The van der Waals surface area contributed by atoms with Crippen LogP contribution in [0.15, 0.2) is 17.1 Å². The summed E-state index contributed by atoms with van der Waals surface area (Å²) in [5.74, 6) is -1.85. The molecule has 1 N–H and O–H groups in total. The van der Waals surface area contributed by atoms with Crippen molar-refractivity contribution in [1.82, 2.24) is 29.5 Å². The fourth-order valence-electron chi connectivity index (χ4n) is 3.05. The summed E-state index contributed by atoms with van der Waals surface area (Å²) in [4.78, 5) is 30.2. The molecule has 1 amide bonds. The summed E-state index contributed by atoms with van der Waals surface area (Å²) in [5.41, 5.74) is -0.602. The van der Waals surface area contributed by atoms with E-state index in [1.807, 2.05) is 19.0 Å². The van der Waals surface area contributed by atoms with E-state index in [1.165, 1.54) is 4.68 Å². The number of aryl methyl sites for hydroxylation is 1. The Bertz CT molecular complexity index is 892. The number of hydrogen-bond acceptors (Lipinski definition) is 5. The lowest BCUT2D eigenvalue weighted by molar-refractivity contribution is 0.0923. The molecule has 27 heavy (non-hydrogen) atoms. The van der Waals surface area contributed by atoms with Gasteiger partial charge >= 0.3 is 5.69 Å². The molecule has 8 nitrogen and oxygen atoms in total. The maximum absolute atomic E-state index is 13.7. The molecule has 10 heteroatoms. The second-order valence-electron chi connectivity index (χ2n) is 6.86. The van der Waals surface area contributed by atoms with E-state index in [0.29, 0.717) is 50.8 Å². The van der Waals surface area contributed by atoms with Gasteiger partial charge in [0.05, 0.1) is 12.7 Å². The van der Waals surface area contributed by atoms with Gasteiger partial charge < -0.3 is 10.2 Å². The molecule has 0 bridgehead atoms. The van der Waals surface area contributed by atoms with Gasteiger partial charge in [0.25, 0.3) is 5.91 Å². The molecule has 0 aromatic carbocycles. The van der Waals surface area contributed by atoms with E-state index in [0.717, 1.165) is 6.20 Å². The Labute approximate surface area is 154 Å². The Morgan fingerprint density at radius 3 is 2.85 bits per heavy atom. The molecule has 2 aromatic rings. The van der Waals surface area contributed by atoms with Gasteiger partial charge in [-0.2, -0.15) is 5.10 Å². The van der Waals surface area contributed by atoms with Crippen LogP contribution in [0.2, 0.25) is 0 Å². The van der Waals surface area contributed by atoms with Crippen LogP contribution in [0, 0.1) is 11.6 Å². The van der Waals surface area contributed by atoms with Crippen LogP contribution < -0.4 is 11.0 Å². The third-order valence-corrected chi connectivity index (χ3v) is 4.53. The number of pyridine rings is 1. The van der Waals surface area contributed by atoms with Crippen LogP contribution in [-0.4, -0.2) is 56.8 Å². The number of halogens is 2. The minimum Gasteiger partial charge on any atom is -0.348 e. The number of nitrogens with one attached hydrogen (secondary N) is 1. The SMILES string of the molecule is CN(C)CCn1nc2n(c1=O)CCC(NC(=O)c1ncc(F)cc1F)CC2. The predicted molar refractivity (Wildman–Crippen MR) is 93.4 cm³/mol. The quantitative estimate of drug-likeness (QED) is 0.812. The molecule has 0 fully saturated rings. The van der Waals surface area contributed by atoms with Crippen molar-refractivity contribution in [3.05, 3.63) is 45.9 Å². The number of nitrogens with zero attached hydrogens (tertiary/aromatic N) is 5. The summed E-state index contributed by atoms with van der Waals surface area (Å²) in [6.45, 7) is 1.65. The zero-order valence-electron chi connectivity index (χ0n) is 15.3. The second-order valence-corrected chi connectivity index (χ2v) is 6.86. The smallest absolute Gasteiger partial charge is 0.345 e. The Kier molecular flexibility index (Phi) is 5.64. The first-order valence-electron chi connectivity index (χ1n) is 8.78. The molecule has 3 rings (SSSR count). The van der Waals surface area contributed by atoms with E-state index >= 15 is 0 Å². The number of amides is 1. The van der Waals surface area contributed by atoms with Crippen LogP contribution >= 0.6 is 0 Å². The largest absolute Gasteiger partial charge is 0.348 e. The summed E-state index contributed by atoms with van der Waals surface area (Å²) in [6.07, 6.45) is 2.41. The first-order chi connectivity index (χ1) is 12.8. The second kappa shape index (κ2) is 7.95. The summed E-state index contributed by atoms with van der Waals surface area (Å²) < 4.78 is 29.7. The van der Waals surface area contributed by atoms with Crippen molar-refractivity contribution < 1.29 is 13.6 Å². The zero-order chi connectivity index (χ0) is 19.6. The van der Waals surface area contributed by atoms with Gasteiger partial charge in [-0.25, -0.2) is 23.2 Å². The van der Waals surface area contributed by atoms with Crippen molar-refractivity contribution in [2.75, 3.05) is 20.6 Å². The minimum atomic E-state index is -1.00. The van der Waals surface area contributed by atoms with Crippen molar-refractivity contribution in [2.45, 2.75) is 38.4 Å². The molecule has 0 saturated carbocycles. The van der Waals surface area contributed by atoms with Gasteiger partial charge in [-0.1, -0.05) is 0 Å². The van der Waals surface area contributed by atoms with Gasteiger partial charge in [0.1, 0.15) is 11.6 Å². The first-order valence-corrected chi connectivity index (χ1v) is 8.78. The van der Waals surface area contributed by atoms with Gasteiger partial charge in [0.15, 0.2) is 11.5 Å². The van der Waals surface area contributed by atoms with E-state index in [1.54, 1.807) is 4.57 Å². The fourth-order valence-corrected chi connectivity index (χ4v) is 3.05. The molecular formula is C17H22F2N6O2. The molecule has 3 heterocycles. The van der Waals surface area contributed by atoms with E-state index in [-0.39, 0.29) is 11.7 Å². The lowest BCUT2D eigenvalue weighted by Gasteiger charge is -2.16. The number of fused-ring (bicyclic) bond motifs is 1. The topological polar surface area (TPSA) is 85.0 Å². The van der Waals surface area contributed by atoms with Crippen LogP contribution in [-0.2, 0) is 19.5 Å². The van der Waals surface area contributed by atoms with Gasteiger partial charge in [-0.3, -0.25) is 9.36 Å². The van der Waals surface area contributed by atoms with Crippen LogP contribution in [0.25, 0.3) is 0 Å². The molecule has 1 aliphatic heterocycles. The highest BCUT2D eigenvalue weighted by Gasteiger charge is 2.24. The third-order valence-electron chi connectivity index (χ3n) is 4.53. The average molecular weight is 380 g/mol. The Morgan fingerprint density at radius 2 is 2.15 bits per heavy atom. The van der Waals surface area contributed by atoms with Gasteiger partial charge in [-0.05, 0) is 26.9 Å². The fraction of sp³-hybridized carbons (Fsp3) is 0.529. The summed E-state index contributed by atoms with van der Waals surface area (Å²) in [5, 5.41) is 7.11. The molecule has 0 aliphatic carbocycles. The zero-order valence-corrected chi connectivity index (χ0v) is 15.3. The highest BCUT2D eigenvalue weighted by molar-refractivity contribution is 5.92. The number of likely N-dealkylation sites (N-methyl/N-ethyl adjacent to an activating group) is 1. The van der Waals surface area contributed by atoms with Gasteiger partial charge in [0.2, 0.25) is 0 Å². The van der Waals surface area contributed by atoms with Crippen molar-refractivity contribution >= 4 is 5.91 Å². The van der Waals surface area contributed by atoms with Gasteiger partial charge in [0, 0.05) is 31.6 Å².